The molecule has 0 atom stereocenters. The Labute approximate surface area is 57.8 Å². The van der Waals surface area contributed by atoms with Gasteiger partial charge < -0.3 is 6.15 Å². The molecule has 0 spiro atoms. The second-order valence-electron chi connectivity index (χ2n) is 2.63. The lowest BCUT2D eigenvalue weighted by Crippen LogP contribution is -2.42. The first kappa shape index (κ1) is 11.6. The molecule has 0 saturated carbocycles. The zero-order chi connectivity index (χ0) is 6.73. The molecule has 0 fully saturated rings. The van der Waals surface area contributed by atoms with E-state index >= 15 is 0 Å². The minimum absolute atomic E-state index is 0. The van der Waals surface area contributed by atoms with Crippen LogP contribution in [-0.4, -0.2) is 17.1 Å². The highest BCUT2D eigenvalue weighted by atomic mass is 15.4. The van der Waals surface area contributed by atoms with E-state index < -0.39 is 0 Å². The lowest BCUT2D eigenvalue weighted by molar-refractivity contribution is 0.179. The Morgan fingerprint density at radius 1 is 1.00 bits per heavy atom. The number of hydrogen-bond acceptors (Lipinski definition) is 3. The van der Waals surface area contributed by atoms with Gasteiger partial charge in [-0.15, -0.1) is 0 Å². The molecule has 58 valence electrons. The number of hydrazine groups is 1. The highest BCUT2D eigenvalue weighted by Crippen LogP contribution is 1.95. The van der Waals surface area contributed by atoms with Gasteiger partial charge >= 0.3 is 0 Å². The third-order valence-electron chi connectivity index (χ3n) is 1.19. The molecule has 0 bridgehead atoms. The van der Waals surface area contributed by atoms with Crippen LogP contribution >= 0.6 is 0 Å². The maximum atomic E-state index is 5.59. The van der Waals surface area contributed by atoms with E-state index in [1.54, 1.807) is 0 Å². The van der Waals surface area contributed by atoms with Gasteiger partial charge in [0.2, 0.25) is 0 Å². The predicted molar refractivity (Wildman–Crippen MR) is 41.3 cm³/mol. The molecule has 0 aliphatic rings. The van der Waals surface area contributed by atoms with Gasteiger partial charge in [0.15, 0.2) is 0 Å². The molecule has 0 radical (unpaired) electrons. The van der Waals surface area contributed by atoms with Crippen LogP contribution in [0.2, 0.25) is 0 Å². The fourth-order valence-electron chi connectivity index (χ4n) is 0.596. The minimum Gasteiger partial charge on any atom is -0.344 e. The Morgan fingerprint density at radius 3 is 1.22 bits per heavy atom. The van der Waals surface area contributed by atoms with E-state index in [0.29, 0.717) is 12.1 Å². The summed E-state index contributed by atoms with van der Waals surface area (Å²) < 4.78 is 0. The first-order valence-electron chi connectivity index (χ1n) is 3.08. The third kappa shape index (κ3) is 4.39. The van der Waals surface area contributed by atoms with Gasteiger partial charge in [0.05, 0.1) is 0 Å². The summed E-state index contributed by atoms with van der Waals surface area (Å²) >= 11 is 0. The van der Waals surface area contributed by atoms with Gasteiger partial charge in [-0.1, -0.05) is 0 Å². The first-order chi connectivity index (χ1) is 3.55. The largest absolute Gasteiger partial charge is 0.344 e. The Balaban J connectivity index is 0. The Bertz CT molecular complexity index is 53.3. The van der Waals surface area contributed by atoms with Crippen LogP contribution in [0.25, 0.3) is 0 Å². The molecule has 0 aromatic carbocycles. The minimum atomic E-state index is 0. The second kappa shape index (κ2) is 4.73. The zero-order valence-corrected chi connectivity index (χ0v) is 6.89. The van der Waals surface area contributed by atoms with Crippen molar-refractivity contribution in [3.05, 3.63) is 0 Å². The molecule has 0 aliphatic heterocycles. The van der Waals surface area contributed by atoms with Crippen molar-refractivity contribution in [3.8, 4) is 0 Å². The van der Waals surface area contributed by atoms with Crippen LogP contribution < -0.4 is 12.0 Å². The third-order valence-corrected chi connectivity index (χ3v) is 1.19. The number of nitrogens with zero attached hydrogens (tertiary/aromatic N) is 1. The van der Waals surface area contributed by atoms with Crippen LogP contribution in [0.3, 0.4) is 0 Å². The van der Waals surface area contributed by atoms with Gasteiger partial charge in [-0.2, -0.15) is 0 Å². The fraction of sp³-hybridized carbons (Fsp3) is 1.00. The van der Waals surface area contributed by atoms with E-state index in [1.165, 1.54) is 0 Å². The van der Waals surface area contributed by atoms with E-state index in [2.05, 4.69) is 27.7 Å². The van der Waals surface area contributed by atoms with Crippen LogP contribution in [0.1, 0.15) is 27.7 Å². The molecule has 0 heterocycles. The molecule has 0 aliphatic carbocycles. The molecule has 3 heteroatoms. The zero-order valence-electron chi connectivity index (χ0n) is 6.89. The number of hydrogen-bond donors (Lipinski definition) is 2. The van der Waals surface area contributed by atoms with E-state index in [1.807, 2.05) is 5.01 Å². The molecule has 0 rings (SSSR count). The van der Waals surface area contributed by atoms with E-state index in [9.17, 15) is 0 Å². The van der Waals surface area contributed by atoms with Crippen molar-refractivity contribution in [2.24, 2.45) is 5.84 Å². The second-order valence-corrected chi connectivity index (χ2v) is 2.63. The van der Waals surface area contributed by atoms with Crippen molar-refractivity contribution in [1.29, 1.82) is 0 Å². The number of nitrogens with two attached hydrogens (primary N) is 1. The highest BCUT2D eigenvalue weighted by molar-refractivity contribution is 4.57. The van der Waals surface area contributed by atoms with Crippen molar-refractivity contribution < 1.29 is 0 Å². The lowest BCUT2D eigenvalue weighted by Gasteiger charge is -2.24. The maximum Gasteiger partial charge on any atom is 0.0187 e. The molecule has 5 N–H and O–H groups in total. The molecular formula is C6H19N3. The van der Waals surface area contributed by atoms with Gasteiger partial charge in [-0.3, -0.25) is 5.84 Å². The van der Waals surface area contributed by atoms with E-state index in [-0.39, 0.29) is 6.15 Å². The van der Waals surface area contributed by atoms with E-state index in [0.717, 1.165) is 0 Å². The van der Waals surface area contributed by atoms with Crippen molar-refractivity contribution in [3.63, 3.8) is 0 Å². The molecule has 0 amide bonds. The molecule has 9 heavy (non-hydrogen) atoms. The van der Waals surface area contributed by atoms with Gasteiger partial charge in [0.1, 0.15) is 0 Å². The Hall–Kier alpha value is -0.120. The quantitative estimate of drug-likeness (QED) is 0.438. The molecule has 0 aromatic rings. The Morgan fingerprint density at radius 2 is 1.22 bits per heavy atom. The lowest BCUT2D eigenvalue weighted by atomic mass is 10.3. The fourth-order valence-corrected chi connectivity index (χ4v) is 0.596. The summed E-state index contributed by atoms with van der Waals surface area (Å²) in [5.41, 5.74) is 0. The topological polar surface area (TPSA) is 64.3 Å². The van der Waals surface area contributed by atoms with Gasteiger partial charge in [-0.25, -0.2) is 5.01 Å². The normalized spacial score (nSPS) is 10.7. The molecule has 0 unspecified atom stereocenters. The molecule has 0 saturated heterocycles. The van der Waals surface area contributed by atoms with Crippen molar-refractivity contribution >= 4 is 0 Å². The molecule has 0 aromatic heterocycles. The average Bonchev–Trinajstić information content (AvgIpc) is 1.64. The highest BCUT2D eigenvalue weighted by Gasteiger charge is 2.05. The summed E-state index contributed by atoms with van der Waals surface area (Å²) in [7, 11) is 0. The van der Waals surface area contributed by atoms with Gasteiger partial charge in [0.25, 0.3) is 0 Å². The van der Waals surface area contributed by atoms with Crippen LogP contribution in [0.4, 0.5) is 0 Å². The maximum absolute atomic E-state index is 5.59. The van der Waals surface area contributed by atoms with E-state index in [4.69, 9.17) is 5.84 Å². The van der Waals surface area contributed by atoms with Crippen LogP contribution in [0.15, 0.2) is 0 Å². The smallest absolute Gasteiger partial charge is 0.0187 e. The Kier molecular flexibility index (Phi) is 6.12. The van der Waals surface area contributed by atoms with Crippen LogP contribution in [0, 0.1) is 0 Å². The monoisotopic (exact) mass is 133 g/mol. The first-order valence-corrected chi connectivity index (χ1v) is 3.08. The molecule has 3 nitrogen and oxygen atoms in total. The standard InChI is InChI=1S/C6H16N2.H3N/c1-5(2)8(7)6(3)4;/h5-6H,7H2,1-4H3;1H3. The summed E-state index contributed by atoms with van der Waals surface area (Å²) in [5.74, 6) is 5.59. The van der Waals surface area contributed by atoms with Gasteiger partial charge in [-0.05, 0) is 27.7 Å². The summed E-state index contributed by atoms with van der Waals surface area (Å²) in [6.07, 6.45) is 0. The van der Waals surface area contributed by atoms with Gasteiger partial charge in [0, 0.05) is 12.1 Å². The predicted octanol–water partition coefficient (Wildman–Crippen LogP) is 1.14. The number of rotatable bonds is 2. The average molecular weight is 133 g/mol. The summed E-state index contributed by atoms with van der Waals surface area (Å²) in [6, 6.07) is 0.907. The summed E-state index contributed by atoms with van der Waals surface area (Å²) in [5, 5.41) is 1.83. The van der Waals surface area contributed by atoms with Crippen molar-refractivity contribution in [2.75, 3.05) is 0 Å². The van der Waals surface area contributed by atoms with Crippen LogP contribution in [0.5, 0.6) is 0 Å². The SMILES string of the molecule is CC(C)N(N)C(C)C.N. The summed E-state index contributed by atoms with van der Waals surface area (Å²) in [4.78, 5) is 0. The van der Waals surface area contributed by atoms with Crippen LogP contribution in [-0.2, 0) is 0 Å². The van der Waals surface area contributed by atoms with Crippen molar-refractivity contribution in [1.82, 2.24) is 11.2 Å². The summed E-state index contributed by atoms with van der Waals surface area (Å²) in [6.45, 7) is 8.33. The van der Waals surface area contributed by atoms with Crippen molar-refractivity contribution in [2.45, 2.75) is 39.8 Å². The molecular weight excluding hydrogens is 114 g/mol.